The second-order valence-corrected chi connectivity index (χ2v) is 5.54. The van der Waals surface area contributed by atoms with E-state index >= 15 is 0 Å². The van der Waals surface area contributed by atoms with Gasteiger partial charge in [0, 0.05) is 42.6 Å². The van der Waals surface area contributed by atoms with E-state index in [1.54, 1.807) is 18.6 Å². The van der Waals surface area contributed by atoms with Gasteiger partial charge in [-0.2, -0.15) is 0 Å². The van der Waals surface area contributed by atoms with E-state index in [-0.39, 0.29) is 5.91 Å². The Kier molecular flexibility index (Phi) is 5.68. The Bertz CT molecular complexity index is 604. The van der Waals surface area contributed by atoms with Crippen LogP contribution in [0.1, 0.15) is 17.5 Å². The minimum Gasteiger partial charge on any atom is -0.369 e. The van der Waals surface area contributed by atoms with Crippen LogP contribution in [0.2, 0.25) is 0 Å². The number of aryl methyl sites for hydroxylation is 1. The molecular formula is C15H17BrN4O. The molecule has 110 valence electrons. The van der Waals surface area contributed by atoms with Crippen LogP contribution < -0.4 is 10.6 Å². The number of pyridine rings is 2. The zero-order chi connectivity index (χ0) is 15.1. The molecule has 0 aliphatic rings. The number of aromatic nitrogens is 2. The molecule has 2 aromatic rings. The molecular weight excluding hydrogens is 332 g/mol. The van der Waals surface area contributed by atoms with Crippen LogP contribution in [0.3, 0.4) is 0 Å². The Morgan fingerprint density at radius 3 is 2.81 bits per heavy atom. The number of halogens is 1. The van der Waals surface area contributed by atoms with Crippen LogP contribution in [0.4, 0.5) is 5.82 Å². The summed E-state index contributed by atoms with van der Waals surface area (Å²) < 4.78 is 0.945. The number of rotatable bonds is 6. The molecule has 1 amide bonds. The highest BCUT2D eigenvalue weighted by atomic mass is 79.9. The third-order valence-corrected chi connectivity index (χ3v) is 3.36. The minimum absolute atomic E-state index is 0.00840. The van der Waals surface area contributed by atoms with E-state index in [2.05, 4.69) is 36.5 Å². The third-order valence-electron chi connectivity index (χ3n) is 2.93. The molecule has 0 bridgehead atoms. The Morgan fingerprint density at radius 2 is 2.10 bits per heavy atom. The van der Waals surface area contributed by atoms with Crippen LogP contribution in [-0.4, -0.2) is 22.4 Å². The molecule has 0 saturated heterocycles. The van der Waals surface area contributed by atoms with Gasteiger partial charge in [-0.1, -0.05) is 0 Å². The maximum absolute atomic E-state index is 11.8. The van der Waals surface area contributed by atoms with E-state index in [0.29, 0.717) is 19.5 Å². The van der Waals surface area contributed by atoms with E-state index in [1.807, 2.05) is 25.1 Å². The molecule has 0 aromatic carbocycles. The largest absolute Gasteiger partial charge is 0.369 e. The van der Waals surface area contributed by atoms with Gasteiger partial charge in [-0.05, 0) is 52.2 Å². The fraction of sp³-hybridized carbons (Fsp3) is 0.267. The number of nitrogens with one attached hydrogen (secondary N) is 2. The van der Waals surface area contributed by atoms with Crippen LogP contribution in [0.15, 0.2) is 41.3 Å². The summed E-state index contributed by atoms with van der Waals surface area (Å²) in [6, 6.07) is 5.75. The summed E-state index contributed by atoms with van der Waals surface area (Å²) in [7, 11) is 0. The number of nitrogens with zero attached hydrogens (tertiary/aromatic N) is 2. The number of carbonyl (C=O) groups excluding carboxylic acids is 1. The van der Waals surface area contributed by atoms with E-state index in [4.69, 9.17) is 0 Å². The summed E-state index contributed by atoms with van der Waals surface area (Å²) in [5.74, 6) is 0.814. The molecule has 0 unspecified atom stereocenters. The Hall–Kier alpha value is -1.95. The standard InChI is InChI=1S/C15H17BrN4O/c1-11-8-13(16)10-20-15(11)18-7-4-14(21)19-9-12-2-5-17-6-3-12/h2-3,5-6,8,10H,4,7,9H2,1H3,(H,18,20)(H,19,21). The Labute approximate surface area is 132 Å². The van der Waals surface area contributed by atoms with Crippen molar-refractivity contribution in [1.82, 2.24) is 15.3 Å². The molecule has 0 spiro atoms. The van der Waals surface area contributed by atoms with Crippen molar-refractivity contribution < 1.29 is 4.79 Å². The van der Waals surface area contributed by atoms with Gasteiger partial charge in [-0.25, -0.2) is 4.98 Å². The first-order valence-electron chi connectivity index (χ1n) is 6.67. The topological polar surface area (TPSA) is 66.9 Å². The van der Waals surface area contributed by atoms with Crippen molar-refractivity contribution in [3.63, 3.8) is 0 Å². The lowest BCUT2D eigenvalue weighted by Crippen LogP contribution is -2.25. The molecule has 2 heterocycles. The Balaban J connectivity index is 1.72. The molecule has 6 heteroatoms. The summed E-state index contributed by atoms with van der Waals surface area (Å²) >= 11 is 3.37. The first-order valence-corrected chi connectivity index (χ1v) is 7.46. The lowest BCUT2D eigenvalue weighted by Gasteiger charge is -2.09. The molecule has 0 aliphatic heterocycles. The molecule has 2 N–H and O–H groups in total. The molecule has 2 aromatic heterocycles. The second-order valence-electron chi connectivity index (χ2n) is 4.63. The lowest BCUT2D eigenvalue weighted by atomic mass is 10.2. The first kappa shape index (κ1) is 15.4. The first-order chi connectivity index (χ1) is 10.1. The van der Waals surface area contributed by atoms with Crippen LogP contribution in [-0.2, 0) is 11.3 Å². The van der Waals surface area contributed by atoms with Crippen molar-refractivity contribution in [2.45, 2.75) is 19.9 Å². The fourth-order valence-electron chi connectivity index (χ4n) is 1.81. The highest BCUT2D eigenvalue weighted by Gasteiger charge is 2.03. The van der Waals surface area contributed by atoms with Crippen LogP contribution in [0.5, 0.6) is 0 Å². The average Bonchev–Trinajstić information content (AvgIpc) is 2.48. The van der Waals surface area contributed by atoms with E-state index < -0.39 is 0 Å². The summed E-state index contributed by atoms with van der Waals surface area (Å²) in [4.78, 5) is 20.0. The number of hydrogen-bond donors (Lipinski definition) is 2. The van der Waals surface area contributed by atoms with E-state index in [0.717, 1.165) is 21.4 Å². The molecule has 0 atom stereocenters. The van der Waals surface area contributed by atoms with Crippen molar-refractivity contribution in [3.8, 4) is 0 Å². The smallest absolute Gasteiger partial charge is 0.222 e. The molecule has 2 rings (SSSR count). The maximum atomic E-state index is 11.8. The monoisotopic (exact) mass is 348 g/mol. The highest BCUT2D eigenvalue weighted by Crippen LogP contribution is 2.16. The van der Waals surface area contributed by atoms with Crippen LogP contribution in [0.25, 0.3) is 0 Å². The third kappa shape index (κ3) is 5.15. The predicted molar refractivity (Wildman–Crippen MR) is 85.9 cm³/mol. The van der Waals surface area contributed by atoms with Crippen LogP contribution >= 0.6 is 15.9 Å². The van der Waals surface area contributed by atoms with Crippen molar-refractivity contribution in [1.29, 1.82) is 0 Å². The summed E-state index contributed by atoms with van der Waals surface area (Å²) in [5.41, 5.74) is 2.08. The zero-order valence-electron chi connectivity index (χ0n) is 11.8. The number of hydrogen-bond acceptors (Lipinski definition) is 4. The molecule has 0 saturated carbocycles. The summed E-state index contributed by atoms with van der Waals surface area (Å²) in [6.45, 7) is 3.05. The van der Waals surface area contributed by atoms with Crippen molar-refractivity contribution in [3.05, 3.63) is 52.4 Å². The quantitative estimate of drug-likeness (QED) is 0.842. The molecule has 0 aliphatic carbocycles. The summed E-state index contributed by atoms with van der Waals surface area (Å²) in [6.07, 6.45) is 5.57. The average molecular weight is 349 g/mol. The van der Waals surface area contributed by atoms with Gasteiger partial charge in [0.2, 0.25) is 5.91 Å². The van der Waals surface area contributed by atoms with Gasteiger partial charge in [0.05, 0.1) is 0 Å². The van der Waals surface area contributed by atoms with Crippen molar-refractivity contribution >= 4 is 27.7 Å². The molecule has 5 nitrogen and oxygen atoms in total. The zero-order valence-corrected chi connectivity index (χ0v) is 13.4. The second kappa shape index (κ2) is 7.73. The van der Waals surface area contributed by atoms with Gasteiger partial charge >= 0.3 is 0 Å². The summed E-state index contributed by atoms with van der Waals surface area (Å²) in [5, 5.41) is 6.04. The number of amides is 1. The lowest BCUT2D eigenvalue weighted by molar-refractivity contribution is -0.121. The molecule has 0 radical (unpaired) electrons. The minimum atomic E-state index is 0.00840. The fourth-order valence-corrected chi connectivity index (χ4v) is 2.26. The van der Waals surface area contributed by atoms with Gasteiger partial charge in [0.15, 0.2) is 0 Å². The number of carbonyl (C=O) groups is 1. The molecule has 21 heavy (non-hydrogen) atoms. The number of anilines is 1. The molecule has 0 fully saturated rings. The SMILES string of the molecule is Cc1cc(Br)cnc1NCCC(=O)NCc1ccncc1. The maximum Gasteiger partial charge on any atom is 0.222 e. The van der Waals surface area contributed by atoms with Gasteiger partial charge in [0.1, 0.15) is 5.82 Å². The van der Waals surface area contributed by atoms with E-state index in [9.17, 15) is 4.79 Å². The van der Waals surface area contributed by atoms with Crippen LogP contribution in [0, 0.1) is 6.92 Å². The normalized spacial score (nSPS) is 10.2. The van der Waals surface area contributed by atoms with E-state index in [1.165, 1.54) is 0 Å². The van der Waals surface area contributed by atoms with Gasteiger partial charge in [-0.3, -0.25) is 9.78 Å². The van der Waals surface area contributed by atoms with Gasteiger partial charge in [0.25, 0.3) is 0 Å². The van der Waals surface area contributed by atoms with Gasteiger partial charge < -0.3 is 10.6 Å². The van der Waals surface area contributed by atoms with Crippen molar-refractivity contribution in [2.24, 2.45) is 0 Å². The predicted octanol–water partition coefficient (Wildman–Crippen LogP) is 2.67. The highest BCUT2D eigenvalue weighted by molar-refractivity contribution is 9.10. The van der Waals surface area contributed by atoms with Gasteiger partial charge in [-0.15, -0.1) is 0 Å². The van der Waals surface area contributed by atoms with Crippen molar-refractivity contribution in [2.75, 3.05) is 11.9 Å². The Morgan fingerprint density at radius 1 is 1.33 bits per heavy atom.